The van der Waals surface area contributed by atoms with E-state index < -0.39 is 9.84 Å². The van der Waals surface area contributed by atoms with Gasteiger partial charge in [0.2, 0.25) is 0 Å². The van der Waals surface area contributed by atoms with Crippen molar-refractivity contribution in [1.82, 2.24) is 5.32 Å². The Balaban J connectivity index is 1.97. The molecule has 0 saturated carbocycles. The van der Waals surface area contributed by atoms with E-state index in [1.807, 2.05) is 12.1 Å². The van der Waals surface area contributed by atoms with Crippen LogP contribution in [-0.4, -0.2) is 14.7 Å². The Morgan fingerprint density at radius 3 is 1.87 bits per heavy atom. The van der Waals surface area contributed by atoms with Gasteiger partial charge in [0.15, 0.2) is 9.84 Å². The quantitative estimate of drug-likeness (QED) is 0.868. The van der Waals surface area contributed by atoms with E-state index in [0.29, 0.717) is 10.8 Å². The molecular formula is C19H25NO2S. The van der Waals surface area contributed by atoms with Gasteiger partial charge in [-0.15, -0.1) is 0 Å². The van der Waals surface area contributed by atoms with Crippen LogP contribution in [0.15, 0.2) is 53.4 Å². The zero-order valence-corrected chi connectivity index (χ0v) is 15.0. The summed E-state index contributed by atoms with van der Waals surface area (Å²) >= 11 is 0. The van der Waals surface area contributed by atoms with Crippen molar-refractivity contribution < 1.29 is 8.42 Å². The molecule has 124 valence electrons. The maximum absolute atomic E-state index is 11.5. The van der Waals surface area contributed by atoms with E-state index in [0.717, 1.165) is 12.1 Å². The van der Waals surface area contributed by atoms with Crippen molar-refractivity contribution >= 4 is 9.84 Å². The Morgan fingerprint density at radius 1 is 0.870 bits per heavy atom. The van der Waals surface area contributed by atoms with Gasteiger partial charge in [0, 0.05) is 18.8 Å². The van der Waals surface area contributed by atoms with Crippen LogP contribution in [0, 0.1) is 0 Å². The summed E-state index contributed by atoms with van der Waals surface area (Å²) in [6.45, 7) is 7.25. The highest BCUT2D eigenvalue weighted by atomic mass is 32.2. The zero-order valence-electron chi connectivity index (χ0n) is 14.2. The van der Waals surface area contributed by atoms with E-state index in [4.69, 9.17) is 0 Å². The number of sulfone groups is 1. The highest BCUT2D eigenvalue weighted by Crippen LogP contribution is 2.18. The summed E-state index contributed by atoms with van der Waals surface area (Å²) < 4.78 is 23.0. The van der Waals surface area contributed by atoms with Crippen molar-refractivity contribution in [3.05, 3.63) is 65.2 Å². The van der Waals surface area contributed by atoms with E-state index in [1.54, 1.807) is 12.1 Å². The van der Waals surface area contributed by atoms with Gasteiger partial charge < -0.3 is 5.32 Å². The predicted molar refractivity (Wildman–Crippen MR) is 95.3 cm³/mol. The second-order valence-electron chi connectivity index (χ2n) is 6.34. The van der Waals surface area contributed by atoms with E-state index in [-0.39, 0.29) is 6.04 Å². The minimum absolute atomic E-state index is 0.161. The monoisotopic (exact) mass is 331 g/mol. The molecule has 0 aromatic heterocycles. The lowest BCUT2D eigenvalue weighted by atomic mass is 10.0. The number of benzene rings is 2. The second kappa shape index (κ2) is 7.28. The zero-order chi connectivity index (χ0) is 17.0. The average molecular weight is 331 g/mol. The van der Waals surface area contributed by atoms with Gasteiger partial charge in [0.1, 0.15) is 0 Å². The normalized spacial score (nSPS) is 13.3. The summed E-state index contributed by atoms with van der Waals surface area (Å²) in [5, 5.41) is 3.47. The summed E-state index contributed by atoms with van der Waals surface area (Å²) in [4.78, 5) is 0.359. The molecule has 0 spiro atoms. The first-order valence-corrected chi connectivity index (χ1v) is 9.79. The molecule has 0 unspecified atom stereocenters. The third-order valence-electron chi connectivity index (χ3n) is 4.07. The molecule has 0 fully saturated rings. The van der Waals surface area contributed by atoms with Crippen LogP contribution < -0.4 is 5.32 Å². The standard InChI is InChI=1S/C19H25NO2S/c1-14(2)17-7-5-16(6-8-17)13-20-15(3)18-9-11-19(12-10-18)23(4,21)22/h5-12,14-15,20H,13H2,1-4H3/t15-/m0/s1. The molecule has 0 bridgehead atoms. The van der Waals surface area contributed by atoms with Gasteiger partial charge in [-0.1, -0.05) is 50.2 Å². The fourth-order valence-corrected chi connectivity index (χ4v) is 3.04. The largest absolute Gasteiger partial charge is 0.306 e. The lowest BCUT2D eigenvalue weighted by Crippen LogP contribution is -2.18. The first kappa shape index (κ1) is 17.7. The van der Waals surface area contributed by atoms with E-state index in [2.05, 4.69) is 50.4 Å². The third-order valence-corrected chi connectivity index (χ3v) is 5.20. The van der Waals surface area contributed by atoms with Gasteiger partial charge >= 0.3 is 0 Å². The van der Waals surface area contributed by atoms with Crippen LogP contribution in [-0.2, 0) is 16.4 Å². The first-order chi connectivity index (χ1) is 10.8. The molecule has 0 aliphatic rings. The Labute approximate surface area is 139 Å². The molecule has 23 heavy (non-hydrogen) atoms. The first-order valence-electron chi connectivity index (χ1n) is 7.89. The SMILES string of the molecule is CC(C)c1ccc(CN[C@@H](C)c2ccc(S(C)(=O)=O)cc2)cc1. The molecule has 0 aliphatic heterocycles. The van der Waals surface area contributed by atoms with Crippen LogP contribution in [0.25, 0.3) is 0 Å². The highest BCUT2D eigenvalue weighted by Gasteiger charge is 2.09. The van der Waals surface area contributed by atoms with Crippen LogP contribution >= 0.6 is 0 Å². The highest BCUT2D eigenvalue weighted by molar-refractivity contribution is 7.90. The second-order valence-corrected chi connectivity index (χ2v) is 8.36. The van der Waals surface area contributed by atoms with Crippen molar-refractivity contribution in [2.75, 3.05) is 6.26 Å². The molecule has 0 radical (unpaired) electrons. The molecule has 3 nitrogen and oxygen atoms in total. The molecule has 4 heteroatoms. The van der Waals surface area contributed by atoms with Crippen LogP contribution in [0.3, 0.4) is 0 Å². The Kier molecular flexibility index (Phi) is 5.60. The van der Waals surface area contributed by atoms with Gasteiger partial charge in [-0.25, -0.2) is 8.42 Å². The van der Waals surface area contributed by atoms with E-state index >= 15 is 0 Å². The molecule has 1 N–H and O–H groups in total. The number of rotatable bonds is 6. The van der Waals surface area contributed by atoms with Gasteiger partial charge in [0.05, 0.1) is 4.90 Å². The minimum atomic E-state index is -3.13. The van der Waals surface area contributed by atoms with Gasteiger partial charge in [0.25, 0.3) is 0 Å². The Bertz CT molecular complexity index is 732. The van der Waals surface area contributed by atoms with Crippen LogP contribution in [0.2, 0.25) is 0 Å². The smallest absolute Gasteiger partial charge is 0.175 e. The Hall–Kier alpha value is -1.65. The summed E-state index contributed by atoms with van der Waals surface area (Å²) in [7, 11) is -3.13. The summed E-state index contributed by atoms with van der Waals surface area (Å²) in [6.07, 6.45) is 1.23. The minimum Gasteiger partial charge on any atom is -0.306 e. The van der Waals surface area contributed by atoms with E-state index in [9.17, 15) is 8.42 Å². The van der Waals surface area contributed by atoms with Crippen molar-refractivity contribution in [1.29, 1.82) is 0 Å². The topological polar surface area (TPSA) is 46.2 Å². The van der Waals surface area contributed by atoms with Crippen molar-refractivity contribution in [2.24, 2.45) is 0 Å². The molecule has 0 heterocycles. The van der Waals surface area contributed by atoms with E-state index in [1.165, 1.54) is 17.4 Å². The molecule has 2 aromatic rings. The number of nitrogens with one attached hydrogen (secondary N) is 1. The van der Waals surface area contributed by atoms with Gasteiger partial charge in [-0.05, 0) is 41.7 Å². The molecule has 0 saturated heterocycles. The van der Waals surface area contributed by atoms with Crippen molar-refractivity contribution in [3.63, 3.8) is 0 Å². The van der Waals surface area contributed by atoms with Crippen molar-refractivity contribution in [3.8, 4) is 0 Å². The third kappa shape index (κ3) is 4.91. The fourth-order valence-electron chi connectivity index (χ4n) is 2.41. The summed E-state index contributed by atoms with van der Waals surface area (Å²) in [6, 6.07) is 15.9. The van der Waals surface area contributed by atoms with Crippen LogP contribution in [0.4, 0.5) is 0 Å². The molecule has 2 rings (SSSR count). The maximum atomic E-state index is 11.5. The maximum Gasteiger partial charge on any atom is 0.175 e. The molecule has 1 atom stereocenters. The van der Waals surface area contributed by atoms with Gasteiger partial charge in [-0.2, -0.15) is 0 Å². The lowest BCUT2D eigenvalue weighted by molar-refractivity contribution is 0.573. The predicted octanol–water partition coefficient (Wildman–Crippen LogP) is 4.06. The fraction of sp³-hybridized carbons (Fsp3) is 0.368. The summed E-state index contributed by atoms with van der Waals surface area (Å²) in [5.41, 5.74) is 3.67. The number of hydrogen-bond acceptors (Lipinski definition) is 3. The number of hydrogen-bond donors (Lipinski definition) is 1. The lowest BCUT2D eigenvalue weighted by Gasteiger charge is -2.15. The molecular weight excluding hydrogens is 306 g/mol. The molecule has 2 aromatic carbocycles. The van der Waals surface area contributed by atoms with Crippen LogP contribution in [0.5, 0.6) is 0 Å². The van der Waals surface area contributed by atoms with Crippen LogP contribution in [0.1, 0.15) is 49.4 Å². The van der Waals surface area contributed by atoms with Gasteiger partial charge in [-0.3, -0.25) is 0 Å². The summed E-state index contributed by atoms with van der Waals surface area (Å²) in [5.74, 6) is 0.546. The average Bonchev–Trinajstić information content (AvgIpc) is 2.52. The molecule has 0 aliphatic carbocycles. The molecule has 0 amide bonds. The Morgan fingerprint density at radius 2 is 1.39 bits per heavy atom. The van der Waals surface area contributed by atoms with Crippen molar-refractivity contribution in [2.45, 2.75) is 44.2 Å².